The van der Waals surface area contributed by atoms with Crippen LogP contribution >= 0.6 is 0 Å². The first-order valence-electron chi connectivity index (χ1n) is 5.56. The van der Waals surface area contributed by atoms with Gasteiger partial charge < -0.3 is 5.73 Å². The largest absolute Gasteiger partial charge is 0.366 e. The lowest BCUT2D eigenvalue weighted by molar-refractivity contribution is 0.100. The highest BCUT2D eigenvalue weighted by molar-refractivity contribution is 6.00. The van der Waals surface area contributed by atoms with Crippen molar-refractivity contribution in [2.24, 2.45) is 5.73 Å². The zero-order chi connectivity index (χ0) is 12.4. The first-order valence-corrected chi connectivity index (χ1v) is 5.56. The van der Waals surface area contributed by atoms with Crippen molar-refractivity contribution in [2.45, 2.75) is 13.8 Å². The molecule has 0 aliphatic heterocycles. The van der Waals surface area contributed by atoms with E-state index < -0.39 is 0 Å². The van der Waals surface area contributed by atoms with E-state index >= 15 is 0 Å². The summed E-state index contributed by atoms with van der Waals surface area (Å²) in [6, 6.07) is 13.6. The fourth-order valence-electron chi connectivity index (χ4n) is 2.00. The van der Waals surface area contributed by atoms with Gasteiger partial charge in [0.05, 0.1) is 0 Å². The number of carbonyl (C=O) groups is 1. The van der Waals surface area contributed by atoms with E-state index in [-0.39, 0.29) is 5.91 Å². The van der Waals surface area contributed by atoms with Crippen LogP contribution in [0, 0.1) is 13.8 Å². The van der Waals surface area contributed by atoms with Gasteiger partial charge in [-0.2, -0.15) is 0 Å². The van der Waals surface area contributed by atoms with E-state index in [0.717, 1.165) is 22.3 Å². The highest BCUT2D eigenvalue weighted by Crippen LogP contribution is 2.29. The van der Waals surface area contributed by atoms with Gasteiger partial charge in [-0.1, -0.05) is 36.4 Å². The molecule has 2 nitrogen and oxygen atoms in total. The SMILES string of the molecule is Cc1ccc(C(N)=O)c(-c2ccccc2)c1C. The molecule has 0 radical (unpaired) electrons. The summed E-state index contributed by atoms with van der Waals surface area (Å²) in [5.74, 6) is -0.382. The molecule has 0 saturated heterocycles. The number of aryl methyl sites for hydroxylation is 1. The second-order valence-corrected chi connectivity index (χ2v) is 4.16. The Hall–Kier alpha value is -2.09. The van der Waals surface area contributed by atoms with Crippen LogP contribution in [0.2, 0.25) is 0 Å². The number of benzene rings is 2. The molecule has 86 valence electrons. The van der Waals surface area contributed by atoms with Crippen molar-refractivity contribution in [1.29, 1.82) is 0 Å². The molecule has 0 aromatic heterocycles. The predicted octanol–water partition coefficient (Wildman–Crippen LogP) is 3.07. The number of carbonyl (C=O) groups excluding carboxylic acids is 1. The van der Waals surface area contributed by atoms with Gasteiger partial charge in [0.2, 0.25) is 5.91 Å². The second-order valence-electron chi connectivity index (χ2n) is 4.16. The Kier molecular flexibility index (Phi) is 2.96. The Morgan fingerprint density at radius 2 is 1.65 bits per heavy atom. The van der Waals surface area contributed by atoms with Crippen molar-refractivity contribution in [2.75, 3.05) is 0 Å². The third-order valence-corrected chi connectivity index (χ3v) is 3.06. The number of rotatable bonds is 2. The monoisotopic (exact) mass is 225 g/mol. The van der Waals surface area contributed by atoms with Crippen molar-refractivity contribution in [1.82, 2.24) is 0 Å². The van der Waals surface area contributed by atoms with E-state index in [0.29, 0.717) is 5.56 Å². The molecule has 0 saturated carbocycles. The van der Waals surface area contributed by atoms with Crippen LogP contribution in [0.4, 0.5) is 0 Å². The number of hydrogen-bond donors (Lipinski definition) is 1. The quantitative estimate of drug-likeness (QED) is 0.838. The fraction of sp³-hybridized carbons (Fsp3) is 0.133. The average Bonchev–Trinajstić information content (AvgIpc) is 2.33. The van der Waals surface area contributed by atoms with Gasteiger partial charge in [-0.3, -0.25) is 4.79 Å². The van der Waals surface area contributed by atoms with E-state index in [2.05, 4.69) is 0 Å². The third kappa shape index (κ3) is 2.07. The van der Waals surface area contributed by atoms with Crippen LogP contribution in [-0.4, -0.2) is 5.91 Å². The smallest absolute Gasteiger partial charge is 0.249 e. The first kappa shape index (κ1) is 11.4. The van der Waals surface area contributed by atoms with Gasteiger partial charge in [0.1, 0.15) is 0 Å². The molecule has 2 N–H and O–H groups in total. The van der Waals surface area contributed by atoms with E-state index in [1.165, 1.54) is 0 Å². The molecule has 2 aromatic carbocycles. The molecule has 0 unspecified atom stereocenters. The molecule has 1 amide bonds. The molecule has 2 aromatic rings. The van der Waals surface area contributed by atoms with Crippen LogP contribution in [0.1, 0.15) is 21.5 Å². The molecule has 0 aliphatic rings. The van der Waals surface area contributed by atoms with Gasteiger partial charge in [-0.25, -0.2) is 0 Å². The molecule has 0 aliphatic carbocycles. The Morgan fingerprint density at radius 3 is 2.24 bits per heavy atom. The van der Waals surface area contributed by atoms with Gasteiger partial charge in [0.15, 0.2) is 0 Å². The Bertz CT molecular complexity index is 559. The molecular weight excluding hydrogens is 210 g/mol. The van der Waals surface area contributed by atoms with Gasteiger partial charge in [0, 0.05) is 5.56 Å². The molecule has 0 atom stereocenters. The summed E-state index contributed by atoms with van der Waals surface area (Å²) in [5.41, 5.74) is 10.3. The summed E-state index contributed by atoms with van der Waals surface area (Å²) in [5, 5.41) is 0. The van der Waals surface area contributed by atoms with Crippen molar-refractivity contribution >= 4 is 5.91 Å². The molecule has 2 heteroatoms. The van der Waals surface area contributed by atoms with Crippen molar-refractivity contribution < 1.29 is 4.79 Å². The van der Waals surface area contributed by atoms with Gasteiger partial charge in [-0.15, -0.1) is 0 Å². The number of nitrogens with two attached hydrogens (primary N) is 1. The minimum atomic E-state index is -0.382. The molecule has 0 fully saturated rings. The van der Waals surface area contributed by atoms with Crippen LogP contribution in [0.3, 0.4) is 0 Å². The lowest BCUT2D eigenvalue weighted by atomic mass is 9.92. The molecule has 0 spiro atoms. The maximum absolute atomic E-state index is 11.5. The predicted molar refractivity (Wildman–Crippen MR) is 69.9 cm³/mol. The summed E-state index contributed by atoms with van der Waals surface area (Å²) < 4.78 is 0. The lowest BCUT2D eigenvalue weighted by Gasteiger charge is -2.13. The molecular formula is C15H15NO. The van der Waals surface area contributed by atoms with Gasteiger partial charge >= 0.3 is 0 Å². The lowest BCUT2D eigenvalue weighted by Crippen LogP contribution is -2.13. The zero-order valence-electron chi connectivity index (χ0n) is 10.0. The Morgan fingerprint density at radius 1 is 1.00 bits per heavy atom. The zero-order valence-corrected chi connectivity index (χ0v) is 10.0. The molecule has 0 bridgehead atoms. The Labute approximate surface area is 101 Å². The summed E-state index contributed by atoms with van der Waals surface area (Å²) in [6.45, 7) is 4.05. The summed E-state index contributed by atoms with van der Waals surface area (Å²) >= 11 is 0. The van der Waals surface area contributed by atoms with Crippen LogP contribution in [0.5, 0.6) is 0 Å². The van der Waals surface area contributed by atoms with E-state index in [1.54, 1.807) is 6.07 Å². The van der Waals surface area contributed by atoms with Crippen LogP contribution in [-0.2, 0) is 0 Å². The summed E-state index contributed by atoms with van der Waals surface area (Å²) in [4.78, 5) is 11.5. The van der Waals surface area contributed by atoms with Crippen molar-refractivity contribution in [3.63, 3.8) is 0 Å². The summed E-state index contributed by atoms with van der Waals surface area (Å²) in [7, 11) is 0. The van der Waals surface area contributed by atoms with Gasteiger partial charge in [0.25, 0.3) is 0 Å². The minimum Gasteiger partial charge on any atom is -0.366 e. The molecule has 2 rings (SSSR count). The maximum atomic E-state index is 11.5. The first-order chi connectivity index (χ1) is 8.11. The van der Waals surface area contributed by atoms with Crippen LogP contribution < -0.4 is 5.73 Å². The highest BCUT2D eigenvalue weighted by atomic mass is 16.1. The van der Waals surface area contributed by atoms with Crippen molar-refractivity contribution in [3.8, 4) is 11.1 Å². The molecule has 17 heavy (non-hydrogen) atoms. The molecule has 0 heterocycles. The third-order valence-electron chi connectivity index (χ3n) is 3.06. The average molecular weight is 225 g/mol. The fourth-order valence-corrected chi connectivity index (χ4v) is 2.00. The standard InChI is InChI=1S/C15H15NO/c1-10-8-9-13(15(16)17)14(11(10)2)12-6-4-3-5-7-12/h3-9H,1-2H3,(H2,16,17). The number of hydrogen-bond acceptors (Lipinski definition) is 1. The topological polar surface area (TPSA) is 43.1 Å². The van der Waals surface area contributed by atoms with Gasteiger partial charge in [-0.05, 0) is 42.2 Å². The summed E-state index contributed by atoms with van der Waals surface area (Å²) in [6.07, 6.45) is 0. The van der Waals surface area contributed by atoms with Crippen LogP contribution in [0.25, 0.3) is 11.1 Å². The van der Waals surface area contributed by atoms with E-state index in [1.807, 2.05) is 50.2 Å². The second kappa shape index (κ2) is 4.42. The number of amides is 1. The van der Waals surface area contributed by atoms with E-state index in [9.17, 15) is 4.79 Å². The van der Waals surface area contributed by atoms with Crippen molar-refractivity contribution in [3.05, 3.63) is 59.2 Å². The minimum absolute atomic E-state index is 0.382. The van der Waals surface area contributed by atoms with E-state index in [4.69, 9.17) is 5.73 Å². The maximum Gasteiger partial charge on any atom is 0.249 e. The highest BCUT2D eigenvalue weighted by Gasteiger charge is 2.13. The van der Waals surface area contributed by atoms with Crippen LogP contribution in [0.15, 0.2) is 42.5 Å². The Balaban J connectivity index is 2.74. The normalized spacial score (nSPS) is 10.2. The number of primary amides is 1.